The molecule has 1 fully saturated rings. The zero-order chi connectivity index (χ0) is 27.6. The van der Waals surface area contributed by atoms with Gasteiger partial charge in [-0.05, 0) is 42.5 Å². The van der Waals surface area contributed by atoms with Crippen molar-refractivity contribution in [3.05, 3.63) is 98.3 Å². The molecule has 6 rings (SSSR count). The third kappa shape index (κ3) is 5.30. The molecule has 0 unspecified atom stereocenters. The van der Waals surface area contributed by atoms with Crippen LogP contribution in [-0.4, -0.2) is 66.7 Å². The molecule has 202 valence electrons. The smallest absolute Gasteiger partial charge is 0.326 e. The highest BCUT2D eigenvalue weighted by atomic mass is 35.5. The Bertz CT molecular complexity index is 1900. The fourth-order valence-electron chi connectivity index (χ4n) is 4.46. The number of H-pyrrole nitrogens is 2. The molecule has 0 aliphatic carbocycles. The van der Waals surface area contributed by atoms with Crippen molar-refractivity contribution in [2.75, 3.05) is 31.5 Å². The number of rotatable bonds is 5. The van der Waals surface area contributed by atoms with Crippen molar-refractivity contribution < 1.29 is 9.90 Å². The molecule has 0 spiro atoms. The fraction of sp³-hybridized carbons (Fsp3) is 0.148. The third-order valence-electron chi connectivity index (χ3n) is 6.35. The summed E-state index contributed by atoms with van der Waals surface area (Å²) in [5.74, 6) is 0.120. The zero-order valence-corrected chi connectivity index (χ0v) is 21.8. The highest BCUT2D eigenvalue weighted by molar-refractivity contribution is 6.30. The molecule has 1 aliphatic rings. The predicted octanol–water partition coefficient (Wildman–Crippen LogP) is 1.67. The number of carbonyl (C=O) groups is 1. The molecule has 2 aromatic carbocycles. The molecule has 4 heterocycles. The van der Waals surface area contributed by atoms with Crippen LogP contribution < -0.4 is 27.0 Å². The average Bonchev–Trinajstić information content (AvgIpc) is 3.50. The maximum Gasteiger partial charge on any atom is 0.326 e. The summed E-state index contributed by atoms with van der Waals surface area (Å²) >= 11 is 6.17. The quantitative estimate of drug-likeness (QED) is 0.220. The Morgan fingerprint density at radius 2 is 1.93 bits per heavy atom. The maximum atomic E-state index is 13.1. The van der Waals surface area contributed by atoms with Crippen LogP contribution in [0.4, 0.5) is 17.2 Å². The van der Waals surface area contributed by atoms with Crippen molar-refractivity contribution in [3.63, 3.8) is 0 Å². The number of carbonyl (C=O) groups excluding carboxylic acids is 1. The van der Waals surface area contributed by atoms with Crippen LogP contribution >= 0.6 is 11.6 Å². The van der Waals surface area contributed by atoms with Gasteiger partial charge in [-0.25, -0.2) is 14.8 Å². The lowest BCUT2D eigenvalue weighted by Crippen LogP contribution is -2.46. The number of nitrogens with one attached hydrogen (secondary N) is 4. The van der Waals surface area contributed by atoms with Crippen molar-refractivity contribution in [1.29, 1.82) is 0 Å². The van der Waals surface area contributed by atoms with Crippen LogP contribution in [0.3, 0.4) is 0 Å². The molecular formula is C27H24ClN9O3. The van der Waals surface area contributed by atoms with E-state index in [4.69, 9.17) is 21.6 Å². The number of imidazole rings is 1. The largest absolute Gasteiger partial charge is 0.493 e. The maximum absolute atomic E-state index is 13.1. The van der Waals surface area contributed by atoms with Gasteiger partial charge in [-0.3, -0.25) is 9.78 Å². The van der Waals surface area contributed by atoms with Crippen LogP contribution in [0.25, 0.3) is 11.7 Å². The standard InChI is InChI=1S/C27H24ClN9O3/c28-18-4-2-6-20(13-18)31-22-14-23(32-19-5-1-3-16(11-19)26(39)36-9-7-29-8-10-36)37-24(34-22)17(15-30-37)12-21-25(38)35-27(40)33-21/h1-6,11-15,29,31,38H,7-10H2,(H2,33,35,40)/b17-12-,32-23?. The monoisotopic (exact) mass is 557 g/mol. The summed E-state index contributed by atoms with van der Waals surface area (Å²) in [5, 5.41) is 22.1. The second-order valence-corrected chi connectivity index (χ2v) is 9.60. The first kappa shape index (κ1) is 25.3. The molecule has 1 saturated heterocycles. The topological polar surface area (TPSA) is 156 Å². The molecule has 5 N–H and O–H groups in total. The number of aromatic nitrogens is 5. The van der Waals surface area contributed by atoms with Gasteiger partial charge in [-0.1, -0.05) is 23.7 Å². The highest BCUT2D eigenvalue weighted by Gasteiger charge is 2.18. The Morgan fingerprint density at radius 3 is 2.70 bits per heavy atom. The van der Waals surface area contributed by atoms with Gasteiger partial charge in [0.1, 0.15) is 11.5 Å². The first-order chi connectivity index (χ1) is 19.4. The van der Waals surface area contributed by atoms with E-state index < -0.39 is 5.69 Å². The number of anilines is 2. The SMILES string of the molecule is O=C(c1cccc(N=c2cc(Nc3cccc(Cl)c3)nc3/c(=C\c4[nH]c(=O)[nH]c4O)cnn23)c1)N1CCNCC1. The molecule has 5 aromatic rings. The van der Waals surface area contributed by atoms with E-state index >= 15 is 0 Å². The zero-order valence-electron chi connectivity index (χ0n) is 21.1. The number of amides is 1. The molecule has 1 amide bonds. The molecule has 13 heteroatoms. The summed E-state index contributed by atoms with van der Waals surface area (Å²) < 4.78 is 1.54. The number of hydrogen-bond acceptors (Lipinski definition) is 8. The van der Waals surface area contributed by atoms with E-state index in [1.807, 2.05) is 23.1 Å². The van der Waals surface area contributed by atoms with E-state index in [0.29, 0.717) is 51.5 Å². The van der Waals surface area contributed by atoms with Crippen molar-refractivity contribution in [3.8, 4) is 5.88 Å². The highest BCUT2D eigenvalue weighted by Crippen LogP contribution is 2.19. The Morgan fingerprint density at radius 1 is 1.10 bits per heavy atom. The summed E-state index contributed by atoms with van der Waals surface area (Å²) in [5.41, 5.74) is 2.34. The molecule has 0 radical (unpaired) electrons. The number of nitrogens with zero attached hydrogens (tertiary/aromatic N) is 5. The van der Waals surface area contributed by atoms with Crippen LogP contribution in [-0.2, 0) is 0 Å². The molecule has 12 nitrogen and oxygen atoms in total. The first-order valence-corrected chi connectivity index (χ1v) is 12.9. The lowest BCUT2D eigenvalue weighted by Gasteiger charge is -2.27. The number of benzene rings is 2. The summed E-state index contributed by atoms with van der Waals surface area (Å²) in [6.07, 6.45) is 3.11. The summed E-state index contributed by atoms with van der Waals surface area (Å²) in [6, 6.07) is 16.1. The van der Waals surface area contributed by atoms with Crippen molar-refractivity contribution in [2.24, 2.45) is 4.99 Å². The summed E-state index contributed by atoms with van der Waals surface area (Å²) in [4.78, 5) is 40.8. The Hall–Kier alpha value is -4.94. The second kappa shape index (κ2) is 10.7. The third-order valence-corrected chi connectivity index (χ3v) is 6.59. The molecule has 0 atom stereocenters. The molecule has 0 bridgehead atoms. The number of aromatic amines is 2. The Kier molecular flexibility index (Phi) is 6.76. The van der Waals surface area contributed by atoms with E-state index in [0.717, 1.165) is 18.8 Å². The number of fused-ring (bicyclic) bond motifs is 1. The van der Waals surface area contributed by atoms with E-state index in [-0.39, 0.29) is 17.5 Å². The molecule has 1 aliphatic heterocycles. The van der Waals surface area contributed by atoms with Gasteiger partial charge in [0.2, 0.25) is 5.88 Å². The van der Waals surface area contributed by atoms with Crippen LogP contribution in [0.5, 0.6) is 5.88 Å². The second-order valence-electron chi connectivity index (χ2n) is 9.16. The minimum Gasteiger partial charge on any atom is -0.493 e. The van der Waals surface area contributed by atoms with E-state index in [9.17, 15) is 14.7 Å². The number of halogens is 1. The van der Waals surface area contributed by atoms with Crippen LogP contribution in [0.2, 0.25) is 5.02 Å². The average molecular weight is 558 g/mol. The normalized spacial score (nSPS) is 14.7. The van der Waals surface area contributed by atoms with Gasteiger partial charge in [0.25, 0.3) is 5.91 Å². The van der Waals surface area contributed by atoms with Crippen LogP contribution in [0.15, 0.2) is 70.6 Å². The van der Waals surface area contributed by atoms with Gasteiger partial charge in [0.15, 0.2) is 11.1 Å². The van der Waals surface area contributed by atoms with Gasteiger partial charge in [-0.15, -0.1) is 0 Å². The fourth-order valence-corrected chi connectivity index (χ4v) is 4.65. The number of hydrogen-bond donors (Lipinski definition) is 5. The predicted molar refractivity (Wildman–Crippen MR) is 150 cm³/mol. The Labute approximate surface area is 231 Å². The summed E-state index contributed by atoms with van der Waals surface area (Å²) in [7, 11) is 0. The Balaban J connectivity index is 1.47. The van der Waals surface area contributed by atoms with Crippen LogP contribution in [0, 0.1) is 0 Å². The number of piperazine rings is 1. The van der Waals surface area contributed by atoms with Gasteiger partial charge < -0.3 is 25.6 Å². The van der Waals surface area contributed by atoms with E-state index in [1.165, 1.54) is 0 Å². The van der Waals surface area contributed by atoms with Gasteiger partial charge in [0, 0.05) is 53.7 Å². The molecular weight excluding hydrogens is 534 g/mol. The van der Waals surface area contributed by atoms with Crippen LogP contribution in [0.1, 0.15) is 16.1 Å². The first-order valence-electron chi connectivity index (χ1n) is 12.5. The molecule has 3 aromatic heterocycles. The van der Waals surface area contributed by atoms with Gasteiger partial charge in [-0.2, -0.15) is 9.61 Å². The minimum absolute atomic E-state index is 0.0435. The van der Waals surface area contributed by atoms with Crippen molar-refractivity contribution in [2.45, 2.75) is 0 Å². The minimum atomic E-state index is -0.539. The van der Waals surface area contributed by atoms with Gasteiger partial charge >= 0.3 is 5.69 Å². The van der Waals surface area contributed by atoms with E-state index in [1.54, 1.807) is 53.2 Å². The van der Waals surface area contributed by atoms with Gasteiger partial charge in [0.05, 0.1) is 11.9 Å². The summed E-state index contributed by atoms with van der Waals surface area (Å²) in [6.45, 7) is 2.83. The lowest BCUT2D eigenvalue weighted by molar-refractivity contribution is 0.0736. The molecule has 0 saturated carbocycles. The van der Waals surface area contributed by atoms with Crippen molar-refractivity contribution >= 4 is 46.4 Å². The molecule has 40 heavy (non-hydrogen) atoms. The van der Waals surface area contributed by atoms with E-state index in [2.05, 4.69) is 25.7 Å². The van der Waals surface area contributed by atoms with Crippen molar-refractivity contribution in [1.82, 2.24) is 34.8 Å². The lowest BCUT2D eigenvalue weighted by atomic mass is 10.1. The number of aromatic hydroxyl groups is 1.